The maximum absolute atomic E-state index is 5.68. The predicted molar refractivity (Wildman–Crippen MR) is 118 cm³/mol. The Kier molecular flexibility index (Phi) is 5.86. The minimum atomic E-state index is 0.212. The molecule has 6 heteroatoms. The summed E-state index contributed by atoms with van der Waals surface area (Å²) in [5.41, 5.74) is 3.91. The number of nitrogens with zero attached hydrogens (tertiary/aromatic N) is 3. The molecule has 0 aliphatic carbocycles. The van der Waals surface area contributed by atoms with Crippen molar-refractivity contribution in [2.45, 2.75) is 25.9 Å². The zero-order valence-electron chi connectivity index (χ0n) is 17.8. The lowest BCUT2D eigenvalue weighted by atomic mass is 10.0. The Balaban J connectivity index is 1.82. The average molecular weight is 405 g/mol. The van der Waals surface area contributed by atoms with Crippen LogP contribution in [-0.2, 0) is 4.74 Å². The largest absolute Gasteiger partial charge is 0.497 e. The summed E-state index contributed by atoms with van der Waals surface area (Å²) in [6, 6.07) is 16.4. The Bertz CT molecular complexity index is 980. The fourth-order valence-corrected chi connectivity index (χ4v) is 3.85. The molecule has 2 atom stereocenters. The molecule has 0 N–H and O–H groups in total. The lowest BCUT2D eigenvalue weighted by Gasteiger charge is -2.39. The Labute approximate surface area is 177 Å². The number of morpholine rings is 1. The van der Waals surface area contributed by atoms with Crippen LogP contribution in [0.3, 0.4) is 0 Å². The molecule has 0 spiro atoms. The molecule has 4 rings (SSSR count). The number of hydrogen-bond acceptors (Lipinski definition) is 6. The summed E-state index contributed by atoms with van der Waals surface area (Å²) in [6.07, 6.45) is 1.92. The number of rotatable bonds is 5. The van der Waals surface area contributed by atoms with Crippen LogP contribution in [-0.4, -0.2) is 49.5 Å². The van der Waals surface area contributed by atoms with Gasteiger partial charge in [-0.3, -0.25) is 0 Å². The van der Waals surface area contributed by atoms with Crippen molar-refractivity contribution < 1.29 is 14.2 Å². The predicted octanol–water partition coefficient (Wildman–Crippen LogP) is 4.44. The fourth-order valence-electron chi connectivity index (χ4n) is 3.85. The van der Waals surface area contributed by atoms with Crippen molar-refractivity contribution in [3.63, 3.8) is 0 Å². The first-order valence-corrected chi connectivity index (χ1v) is 10.1. The van der Waals surface area contributed by atoms with E-state index in [2.05, 4.69) is 18.7 Å². The van der Waals surface area contributed by atoms with Crippen LogP contribution in [0.2, 0.25) is 0 Å². The van der Waals surface area contributed by atoms with Crippen LogP contribution >= 0.6 is 0 Å². The van der Waals surface area contributed by atoms with Gasteiger partial charge < -0.3 is 19.1 Å². The smallest absolute Gasteiger partial charge is 0.226 e. The molecule has 0 radical (unpaired) electrons. The molecule has 1 aliphatic rings. The van der Waals surface area contributed by atoms with Crippen LogP contribution < -0.4 is 14.4 Å². The van der Waals surface area contributed by atoms with Gasteiger partial charge in [0.1, 0.15) is 11.5 Å². The molecular weight excluding hydrogens is 378 g/mol. The van der Waals surface area contributed by atoms with Crippen molar-refractivity contribution in [2.75, 3.05) is 32.3 Å². The van der Waals surface area contributed by atoms with E-state index in [1.54, 1.807) is 14.2 Å². The van der Waals surface area contributed by atoms with Gasteiger partial charge in [-0.15, -0.1) is 0 Å². The molecule has 6 nitrogen and oxygen atoms in total. The molecule has 0 saturated carbocycles. The van der Waals surface area contributed by atoms with E-state index in [1.807, 2.05) is 54.7 Å². The molecule has 1 fully saturated rings. The molecule has 3 aromatic rings. The molecule has 1 aliphatic heterocycles. The number of methoxy groups -OCH3 is 2. The van der Waals surface area contributed by atoms with Gasteiger partial charge in [0.05, 0.1) is 45.2 Å². The Morgan fingerprint density at radius 3 is 1.90 bits per heavy atom. The second kappa shape index (κ2) is 8.71. The lowest BCUT2D eigenvalue weighted by molar-refractivity contribution is 0.0747. The first-order valence-electron chi connectivity index (χ1n) is 10.1. The summed E-state index contributed by atoms with van der Waals surface area (Å²) in [5.74, 6) is 2.36. The monoisotopic (exact) mass is 405 g/mol. The highest BCUT2D eigenvalue weighted by molar-refractivity contribution is 5.81. The fraction of sp³-hybridized carbons (Fsp3) is 0.333. The second-order valence-electron chi connectivity index (χ2n) is 7.53. The van der Waals surface area contributed by atoms with Gasteiger partial charge in [-0.05, 0) is 55.8 Å². The first-order chi connectivity index (χ1) is 14.6. The summed E-state index contributed by atoms with van der Waals surface area (Å²) in [6.45, 7) is 5.63. The number of aromatic nitrogens is 2. The van der Waals surface area contributed by atoms with E-state index >= 15 is 0 Å². The summed E-state index contributed by atoms with van der Waals surface area (Å²) >= 11 is 0. The molecule has 2 aromatic carbocycles. The molecular formula is C24H27N3O3. The van der Waals surface area contributed by atoms with Gasteiger partial charge in [-0.1, -0.05) is 12.1 Å². The molecule has 30 heavy (non-hydrogen) atoms. The zero-order valence-corrected chi connectivity index (χ0v) is 17.8. The third-order valence-electron chi connectivity index (χ3n) is 5.44. The first kappa shape index (κ1) is 20.2. The quantitative estimate of drug-likeness (QED) is 0.625. The number of benzene rings is 2. The molecule has 0 amide bonds. The van der Waals surface area contributed by atoms with E-state index in [4.69, 9.17) is 24.2 Å². The third kappa shape index (κ3) is 3.96. The van der Waals surface area contributed by atoms with Crippen LogP contribution in [0.1, 0.15) is 13.8 Å². The van der Waals surface area contributed by atoms with E-state index < -0.39 is 0 Å². The standard InChI is InChI=1S/C24H27N3O3/c1-16-14-30-15-17(2)27(16)24-25-13-22(18-5-9-20(28-3)10-6-18)23(26-24)19-7-11-21(29-4)12-8-19/h5-13,16-17H,14-15H2,1-4H3. The Morgan fingerprint density at radius 1 is 0.833 bits per heavy atom. The van der Waals surface area contributed by atoms with Crippen molar-refractivity contribution in [2.24, 2.45) is 0 Å². The molecule has 1 saturated heterocycles. The highest BCUT2D eigenvalue weighted by atomic mass is 16.5. The minimum Gasteiger partial charge on any atom is -0.497 e. The highest BCUT2D eigenvalue weighted by Gasteiger charge is 2.28. The molecule has 156 valence electrons. The topological polar surface area (TPSA) is 56.7 Å². The van der Waals surface area contributed by atoms with Crippen molar-refractivity contribution >= 4 is 5.95 Å². The molecule has 2 unspecified atom stereocenters. The van der Waals surface area contributed by atoms with Gasteiger partial charge in [-0.2, -0.15) is 0 Å². The number of hydrogen-bond donors (Lipinski definition) is 0. The van der Waals surface area contributed by atoms with Crippen molar-refractivity contribution in [3.8, 4) is 33.9 Å². The van der Waals surface area contributed by atoms with Crippen LogP contribution in [0.15, 0.2) is 54.7 Å². The van der Waals surface area contributed by atoms with Gasteiger partial charge in [0, 0.05) is 17.3 Å². The van der Waals surface area contributed by atoms with Crippen LogP contribution in [0.5, 0.6) is 11.5 Å². The third-order valence-corrected chi connectivity index (χ3v) is 5.44. The van der Waals surface area contributed by atoms with E-state index in [0.717, 1.165) is 39.8 Å². The summed E-state index contributed by atoms with van der Waals surface area (Å²) < 4.78 is 16.3. The minimum absolute atomic E-state index is 0.212. The van der Waals surface area contributed by atoms with Gasteiger partial charge in [0.25, 0.3) is 0 Å². The lowest BCUT2D eigenvalue weighted by Crippen LogP contribution is -2.50. The molecule has 0 bridgehead atoms. The molecule has 1 aromatic heterocycles. The van der Waals surface area contributed by atoms with Crippen LogP contribution in [0.4, 0.5) is 5.95 Å². The summed E-state index contributed by atoms with van der Waals surface area (Å²) in [5, 5.41) is 0. The maximum Gasteiger partial charge on any atom is 0.226 e. The van der Waals surface area contributed by atoms with Gasteiger partial charge in [0.15, 0.2) is 0 Å². The van der Waals surface area contributed by atoms with Crippen LogP contribution in [0, 0.1) is 0 Å². The normalized spacial score (nSPS) is 18.9. The van der Waals surface area contributed by atoms with E-state index in [0.29, 0.717) is 13.2 Å². The second-order valence-corrected chi connectivity index (χ2v) is 7.53. The SMILES string of the molecule is COc1ccc(-c2cnc(N3C(C)COCC3C)nc2-c2ccc(OC)cc2)cc1. The summed E-state index contributed by atoms with van der Waals surface area (Å²) in [7, 11) is 3.34. The van der Waals surface area contributed by atoms with Gasteiger partial charge in [0.2, 0.25) is 5.95 Å². The van der Waals surface area contributed by atoms with E-state index in [9.17, 15) is 0 Å². The highest BCUT2D eigenvalue weighted by Crippen LogP contribution is 2.34. The van der Waals surface area contributed by atoms with Gasteiger partial charge in [-0.25, -0.2) is 9.97 Å². The summed E-state index contributed by atoms with van der Waals surface area (Å²) in [4.78, 5) is 12.0. The van der Waals surface area contributed by atoms with Crippen molar-refractivity contribution in [1.29, 1.82) is 0 Å². The van der Waals surface area contributed by atoms with Crippen molar-refractivity contribution in [3.05, 3.63) is 54.7 Å². The maximum atomic E-state index is 5.68. The molecule has 2 heterocycles. The van der Waals surface area contributed by atoms with Gasteiger partial charge >= 0.3 is 0 Å². The van der Waals surface area contributed by atoms with Crippen molar-refractivity contribution in [1.82, 2.24) is 9.97 Å². The Hall–Kier alpha value is -3.12. The van der Waals surface area contributed by atoms with Crippen LogP contribution in [0.25, 0.3) is 22.4 Å². The number of ether oxygens (including phenoxy) is 3. The van der Waals surface area contributed by atoms with E-state index in [-0.39, 0.29) is 12.1 Å². The zero-order chi connectivity index (χ0) is 21.1. The Morgan fingerprint density at radius 2 is 1.37 bits per heavy atom. The number of anilines is 1. The average Bonchev–Trinajstić information content (AvgIpc) is 2.79. The van der Waals surface area contributed by atoms with E-state index in [1.165, 1.54) is 0 Å².